The van der Waals surface area contributed by atoms with Crippen molar-refractivity contribution in [3.05, 3.63) is 173 Å². The Labute approximate surface area is 235 Å². The number of rotatable bonds is 10. The molecule has 198 valence electrons. The number of carbonyl (C=O) groups excluding carboxylic acids is 2. The van der Waals surface area contributed by atoms with Crippen LogP contribution in [0.5, 0.6) is 0 Å². The standard InChI is InChI=1S/C35H31N3O2/c39-34(37(24-28-13-5-1-6-14-28)25-29-15-7-2-8-16-29)32-21-22-36-33(23-32)35(40)38(26-30-17-9-3-10-18-30)27-31-19-11-4-12-20-31/h1-23H,24-27H2. The van der Waals surface area contributed by atoms with Crippen LogP contribution in [0.25, 0.3) is 0 Å². The second-order valence-corrected chi connectivity index (χ2v) is 9.69. The highest BCUT2D eigenvalue weighted by Gasteiger charge is 2.22. The van der Waals surface area contributed by atoms with Gasteiger partial charge in [-0.25, -0.2) is 0 Å². The van der Waals surface area contributed by atoms with E-state index in [1.54, 1.807) is 28.1 Å². The van der Waals surface area contributed by atoms with Crippen molar-refractivity contribution in [1.29, 1.82) is 0 Å². The lowest BCUT2D eigenvalue weighted by molar-refractivity contribution is 0.0722. The van der Waals surface area contributed by atoms with Crippen molar-refractivity contribution in [1.82, 2.24) is 14.8 Å². The van der Waals surface area contributed by atoms with Gasteiger partial charge in [0.1, 0.15) is 5.69 Å². The molecule has 0 radical (unpaired) electrons. The molecule has 0 aliphatic carbocycles. The normalized spacial score (nSPS) is 10.6. The van der Waals surface area contributed by atoms with Crippen LogP contribution >= 0.6 is 0 Å². The first-order chi connectivity index (χ1) is 19.7. The van der Waals surface area contributed by atoms with Gasteiger partial charge in [0.25, 0.3) is 11.8 Å². The van der Waals surface area contributed by atoms with Crippen molar-refractivity contribution < 1.29 is 9.59 Å². The van der Waals surface area contributed by atoms with E-state index in [-0.39, 0.29) is 17.5 Å². The molecule has 0 saturated heterocycles. The monoisotopic (exact) mass is 525 g/mol. The Balaban J connectivity index is 1.41. The third-order valence-corrected chi connectivity index (χ3v) is 6.67. The van der Waals surface area contributed by atoms with Crippen molar-refractivity contribution in [2.75, 3.05) is 0 Å². The van der Waals surface area contributed by atoms with Crippen molar-refractivity contribution in [2.24, 2.45) is 0 Å². The number of benzene rings is 4. The largest absolute Gasteiger partial charge is 0.330 e. The Hall–Kier alpha value is -5.03. The minimum atomic E-state index is -0.222. The summed E-state index contributed by atoms with van der Waals surface area (Å²) < 4.78 is 0. The predicted octanol–water partition coefficient (Wildman–Crippen LogP) is 6.77. The third kappa shape index (κ3) is 7.08. The van der Waals surface area contributed by atoms with E-state index in [1.807, 2.05) is 121 Å². The smallest absolute Gasteiger partial charge is 0.273 e. The lowest BCUT2D eigenvalue weighted by Crippen LogP contribution is -2.32. The van der Waals surface area contributed by atoms with E-state index < -0.39 is 0 Å². The second-order valence-electron chi connectivity index (χ2n) is 9.69. The van der Waals surface area contributed by atoms with E-state index in [2.05, 4.69) is 4.98 Å². The molecule has 0 aliphatic rings. The maximum absolute atomic E-state index is 13.9. The summed E-state index contributed by atoms with van der Waals surface area (Å²) in [6.07, 6.45) is 1.55. The number of hydrogen-bond acceptors (Lipinski definition) is 3. The fourth-order valence-electron chi connectivity index (χ4n) is 4.64. The quantitative estimate of drug-likeness (QED) is 0.202. The average Bonchev–Trinajstić information content (AvgIpc) is 3.02. The molecule has 0 spiro atoms. The molecule has 0 unspecified atom stereocenters. The summed E-state index contributed by atoms with van der Waals surface area (Å²) in [5.41, 5.74) is 4.80. The van der Waals surface area contributed by atoms with Gasteiger partial charge in [-0.1, -0.05) is 121 Å². The molecule has 0 N–H and O–H groups in total. The van der Waals surface area contributed by atoms with Gasteiger partial charge in [-0.3, -0.25) is 14.6 Å². The summed E-state index contributed by atoms with van der Waals surface area (Å²) in [6.45, 7) is 1.77. The molecule has 4 aromatic carbocycles. The Bertz CT molecular complexity index is 1330. The minimum absolute atomic E-state index is 0.151. The number of nitrogens with zero attached hydrogens (tertiary/aromatic N) is 3. The molecule has 0 saturated carbocycles. The van der Waals surface area contributed by atoms with Gasteiger partial charge in [0, 0.05) is 37.9 Å². The number of pyridine rings is 1. The molecule has 0 bridgehead atoms. The van der Waals surface area contributed by atoms with Crippen LogP contribution in [-0.2, 0) is 26.2 Å². The maximum Gasteiger partial charge on any atom is 0.273 e. The van der Waals surface area contributed by atoms with Gasteiger partial charge < -0.3 is 9.80 Å². The average molecular weight is 526 g/mol. The SMILES string of the molecule is O=C(c1ccnc(C(=O)N(Cc2ccccc2)Cc2ccccc2)c1)N(Cc1ccccc1)Cc1ccccc1. The molecule has 5 heteroatoms. The van der Waals surface area contributed by atoms with Crippen LogP contribution < -0.4 is 0 Å². The molecule has 0 atom stereocenters. The summed E-state index contributed by atoms with van der Waals surface area (Å²) in [7, 11) is 0. The summed E-state index contributed by atoms with van der Waals surface area (Å²) in [5, 5.41) is 0. The zero-order valence-corrected chi connectivity index (χ0v) is 22.3. The molecule has 40 heavy (non-hydrogen) atoms. The molecule has 5 aromatic rings. The lowest BCUT2D eigenvalue weighted by Gasteiger charge is -2.25. The molecule has 1 aromatic heterocycles. The Morgan fingerprint density at radius 3 is 1.20 bits per heavy atom. The first kappa shape index (κ1) is 26.6. The minimum Gasteiger partial charge on any atom is -0.330 e. The number of hydrogen-bond donors (Lipinski definition) is 0. The van der Waals surface area contributed by atoms with Gasteiger partial charge in [-0.15, -0.1) is 0 Å². The fourth-order valence-corrected chi connectivity index (χ4v) is 4.64. The molecule has 0 aliphatic heterocycles. The van der Waals surface area contributed by atoms with E-state index in [0.717, 1.165) is 22.3 Å². The molecular formula is C35H31N3O2. The Kier molecular flexibility index (Phi) is 8.74. The van der Waals surface area contributed by atoms with E-state index in [9.17, 15) is 9.59 Å². The van der Waals surface area contributed by atoms with Crippen LogP contribution in [0, 0.1) is 0 Å². The predicted molar refractivity (Wildman–Crippen MR) is 157 cm³/mol. The van der Waals surface area contributed by atoms with Crippen LogP contribution in [-0.4, -0.2) is 26.6 Å². The summed E-state index contributed by atoms with van der Waals surface area (Å²) >= 11 is 0. The van der Waals surface area contributed by atoms with Crippen LogP contribution in [0.4, 0.5) is 0 Å². The van der Waals surface area contributed by atoms with Gasteiger partial charge in [-0.05, 0) is 34.4 Å². The highest BCUT2D eigenvalue weighted by Crippen LogP contribution is 2.18. The van der Waals surface area contributed by atoms with Crippen LogP contribution in [0.3, 0.4) is 0 Å². The van der Waals surface area contributed by atoms with Gasteiger partial charge in [-0.2, -0.15) is 0 Å². The van der Waals surface area contributed by atoms with Crippen molar-refractivity contribution >= 4 is 11.8 Å². The summed E-state index contributed by atoms with van der Waals surface area (Å²) in [5.74, 6) is -0.373. The zero-order valence-electron chi connectivity index (χ0n) is 22.3. The first-order valence-corrected chi connectivity index (χ1v) is 13.4. The molecular weight excluding hydrogens is 494 g/mol. The van der Waals surface area contributed by atoms with Gasteiger partial charge in [0.05, 0.1) is 0 Å². The van der Waals surface area contributed by atoms with Crippen molar-refractivity contribution in [3.8, 4) is 0 Å². The molecule has 0 fully saturated rings. The van der Waals surface area contributed by atoms with Crippen LogP contribution in [0.15, 0.2) is 140 Å². The van der Waals surface area contributed by atoms with Crippen molar-refractivity contribution in [3.63, 3.8) is 0 Å². The van der Waals surface area contributed by atoms with E-state index in [4.69, 9.17) is 0 Å². The van der Waals surface area contributed by atoms with Gasteiger partial charge in [0.2, 0.25) is 0 Å². The fraction of sp³-hybridized carbons (Fsp3) is 0.114. The number of aromatic nitrogens is 1. The molecule has 5 nitrogen and oxygen atoms in total. The van der Waals surface area contributed by atoms with Crippen LogP contribution in [0.2, 0.25) is 0 Å². The summed E-state index contributed by atoms with van der Waals surface area (Å²) in [6, 6.07) is 42.9. The topological polar surface area (TPSA) is 53.5 Å². The highest BCUT2D eigenvalue weighted by atomic mass is 16.2. The maximum atomic E-state index is 13.9. The van der Waals surface area contributed by atoms with E-state index >= 15 is 0 Å². The van der Waals surface area contributed by atoms with Gasteiger partial charge in [0.15, 0.2) is 0 Å². The van der Waals surface area contributed by atoms with Gasteiger partial charge >= 0.3 is 0 Å². The Morgan fingerprint density at radius 2 is 0.825 bits per heavy atom. The third-order valence-electron chi connectivity index (χ3n) is 6.67. The number of amides is 2. The first-order valence-electron chi connectivity index (χ1n) is 13.4. The molecule has 5 rings (SSSR count). The highest BCUT2D eigenvalue weighted by molar-refractivity contribution is 5.98. The second kappa shape index (κ2) is 13.2. The molecule has 2 amide bonds. The molecule has 1 heterocycles. The summed E-state index contributed by atoms with van der Waals surface area (Å²) in [4.78, 5) is 35.6. The number of carbonyl (C=O) groups is 2. The van der Waals surface area contributed by atoms with E-state index in [1.165, 1.54) is 0 Å². The lowest BCUT2D eigenvalue weighted by atomic mass is 10.1. The zero-order chi connectivity index (χ0) is 27.6. The van der Waals surface area contributed by atoms with E-state index in [0.29, 0.717) is 31.7 Å². The van der Waals surface area contributed by atoms with Crippen LogP contribution in [0.1, 0.15) is 43.1 Å². The Morgan fingerprint density at radius 1 is 0.475 bits per heavy atom. The van der Waals surface area contributed by atoms with Crippen molar-refractivity contribution in [2.45, 2.75) is 26.2 Å².